The second-order valence-electron chi connectivity index (χ2n) is 4.95. The number of nitrogens with zero attached hydrogens (tertiary/aromatic N) is 1. The van der Waals surface area contributed by atoms with E-state index < -0.39 is 6.10 Å². The lowest BCUT2D eigenvalue weighted by Gasteiger charge is -2.19. The van der Waals surface area contributed by atoms with Gasteiger partial charge in [0, 0.05) is 23.4 Å². The Morgan fingerprint density at radius 2 is 1.80 bits per heavy atom. The third-order valence-corrected chi connectivity index (χ3v) is 3.49. The van der Waals surface area contributed by atoms with Gasteiger partial charge in [-0.2, -0.15) is 0 Å². The number of rotatable bonds is 5. The van der Waals surface area contributed by atoms with Crippen LogP contribution in [0.25, 0.3) is 5.69 Å². The van der Waals surface area contributed by atoms with Crippen molar-refractivity contribution in [2.45, 2.75) is 26.4 Å². The van der Waals surface area contributed by atoms with E-state index in [9.17, 15) is 5.11 Å². The fraction of sp³-hybridized carbons (Fsp3) is 0.375. The minimum Gasteiger partial charge on any atom is -0.496 e. The first-order chi connectivity index (χ1) is 9.58. The number of aliphatic hydroxyl groups excluding tert-OH is 2. The van der Waals surface area contributed by atoms with E-state index in [-0.39, 0.29) is 6.61 Å². The molecule has 1 heterocycles. The van der Waals surface area contributed by atoms with Crippen LogP contribution in [0.3, 0.4) is 0 Å². The van der Waals surface area contributed by atoms with Gasteiger partial charge >= 0.3 is 0 Å². The molecule has 0 amide bonds. The molecule has 108 valence electrons. The van der Waals surface area contributed by atoms with Crippen molar-refractivity contribution in [1.82, 2.24) is 4.57 Å². The highest BCUT2D eigenvalue weighted by Crippen LogP contribution is 2.29. The van der Waals surface area contributed by atoms with Crippen LogP contribution in [0.2, 0.25) is 0 Å². The van der Waals surface area contributed by atoms with E-state index in [1.54, 1.807) is 7.11 Å². The zero-order chi connectivity index (χ0) is 14.7. The molecule has 1 unspecified atom stereocenters. The van der Waals surface area contributed by atoms with Gasteiger partial charge in [0.25, 0.3) is 0 Å². The summed E-state index contributed by atoms with van der Waals surface area (Å²) in [7, 11) is 1.61. The van der Waals surface area contributed by atoms with Crippen LogP contribution >= 0.6 is 0 Å². The molecule has 0 bridgehead atoms. The number of hydrogen-bond acceptors (Lipinski definition) is 3. The lowest BCUT2D eigenvalue weighted by molar-refractivity contribution is 0.0949. The molecule has 0 fully saturated rings. The standard InChI is InChI=1S/C16H21NO3/c1-11-7-8-12(2)17(11)15-5-4-6-16(20-3)14(15)9-13(19)10-18/h4-8,13,18-19H,9-10H2,1-3H3. The van der Waals surface area contributed by atoms with Crippen LogP contribution in [0.15, 0.2) is 30.3 Å². The van der Waals surface area contributed by atoms with Crippen LogP contribution < -0.4 is 4.74 Å². The Morgan fingerprint density at radius 1 is 1.15 bits per heavy atom. The van der Waals surface area contributed by atoms with Gasteiger partial charge in [0.05, 0.1) is 25.5 Å². The van der Waals surface area contributed by atoms with E-state index in [0.29, 0.717) is 6.42 Å². The summed E-state index contributed by atoms with van der Waals surface area (Å²) in [5.41, 5.74) is 4.13. The normalized spacial score (nSPS) is 12.4. The molecule has 2 N–H and O–H groups in total. The molecule has 0 radical (unpaired) electrons. The number of benzene rings is 1. The van der Waals surface area contributed by atoms with Gasteiger partial charge in [-0.1, -0.05) is 6.07 Å². The first-order valence-electron chi connectivity index (χ1n) is 6.68. The number of ether oxygens (including phenoxy) is 1. The molecular weight excluding hydrogens is 254 g/mol. The number of aryl methyl sites for hydroxylation is 2. The molecule has 2 aromatic rings. The van der Waals surface area contributed by atoms with Crippen LogP contribution in [-0.2, 0) is 6.42 Å². The van der Waals surface area contributed by atoms with Crippen LogP contribution in [0.4, 0.5) is 0 Å². The van der Waals surface area contributed by atoms with Crippen LogP contribution in [0.5, 0.6) is 5.75 Å². The van der Waals surface area contributed by atoms with Crippen molar-refractivity contribution in [3.63, 3.8) is 0 Å². The monoisotopic (exact) mass is 275 g/mol. The highest BCUT2D eigenvalue weighted by atomic mass is 16.5. The second-order valence-corrected chi connectivity index (χ2v) is 4.95. The maximum atomic E-state index is 9.78. The van der Waals surface area contributed by atoms with Gasteiger partial charge in [-0.15, -0.1) is 0 Å². The lowest BCUT2D eigenvalue weighted by atomic mass is 10.0. The molecule has 1 aromatic heterocycles. The predicted molar refractivity (Wildman–Crippen MR) is 78.6 cm³/mol. The topological polar surface area (TPSA) is 54.6 Å². The van der Waals surface area contributed by atoms with Crippen molar-refractivity contribution in [1.29, 1.82) is 0 Å². The van der Waals surface area contributed by atoms with E-state index >= 15 is 0 Å². The first-order valence-corrected chi connectivity index (χ1v) is 6.68. The Morgan fingerprint density at radius 3 is 2.35 bits per heavy atom. The molecule has 4 nitrogen and oxygen atoms in total. The molecule has 0 aliphatic heterocycles. The second kappa shape index (κ2) is 6.11. The average molecular weight is 275 g/mol. The summed E-state index contributed by atoms with van der Waals surface area (Å²) >= 11 is 0. The average Bonchev–Trinajstić information content (AvgIpc) is 2.78. The third-order valence-electron chi connectivity index (χ3n) is 3.49. The number of aliphatic hydroxyl groups is 2. The van der Waals surface area contributed by atoms with Gasteiger partial charge in [-0.3, -0.25) is 0 Å². The SMILES string of the molecule is COc1cccc(-n2c(C)ccc2C)c1CC(O)CO. The molecule has 0 saturated carbocycles. The Balaban J connectivity index is 2.58. The Hall–Kier alpha value is -1.78. The fourth-order valence-electron chi connectivity index (χ4n) is 2.51. The van der Waals surface area contributed by atoms with Crippen LogP contribution in [0, 0.1) is 13.8 Å². The van der Waals surface area contributed by atoms with Gasteiger partial charge in [0.15, 0.2) is 0 Å². The number of methoxy groups -OCH3 is 1. The molecule has 4 heteroatoms. The Bertz CT molecular complexity index is 570. The minimum atomic E-state index is -0.791. The molecule has 2 rings (SSSR count). The molecule has 0 spiro atoms. The zero-order valence-corrected chi connectivity index (χ0v) is 12.1. The van der Waals surface area contributed by atoms with Gasteiger partial charge in [0.1, 0.15) is 5.75 Å². The fourth-order valence-corrected chi connectivity index (χ4v) is 2.51. The first kappa shape index (κ1) is 14.6. The lowest BCUT2D eigenvalue weighted by Crippen LogP contribution is -2.17. The summed E-state index contributed by atoms with van der Waals surface area (Å²) in [5.74, 6) is 0.725. The van der Waals surface area contributed by atoms with Crippen molar-refractivity contribution in [2.75, 3.05) is 13.7 Å². The van der Waals surface area contributed by atoms with Crippen molar-refractivity contribution >= 4 is 0 Å². The molecule has 0 aliphatic carbocycles. The van der Waals surface area contributed by atoms with Crippen LogP contribution in [0.1, 0.15) is 17.0 Å². The van der Waals surface area contributed by atoms with E-state index in [1.165, 1.54) is 0 Å². The molecule has 0 saturated heterocycles. The van der Waals surface area contributed by atoms with Crippen molar-refractivity contribution < 1.29 is 14.9 Å². The van der Waals surface area contributed by atoms with Gasteiger partial charge in [0.2, 0.25) is 0 Å². The van der Waals surface area contributed by atoms with Crippen molar-refractivity contribution in [2.24, 2.45) is 0 Å². The van der Waals surface area contributed by atoms with Gasteiger partial charge < -0.3 is 19.5 Å². The van der Waals surface area contributed by atoms with Crippen molar-refractivity contribution in [3.05, 3.63) is 47.3 Å². The summed E-state index contributed by atoms with van der Waals surface area (Å²) in [6.07, 6.45) is -0.436. The quantitative estimate of drug-likeness (QED) is 0.877. The maximum absolute atomic E-state index is 9.78. The summed E-state index contributed by atoms with van der Waals surface area (Å²) < 4.78 is 7.53. The van der Waals surface area contributed by atoms with E-state index in [1.807, 2.05) is 32.0 Å². The largest absolute Gasteiger partial charge is 0.496 e. The minimum absolute atomic E-state index is 0.263. The Labute approximate surface area is 119 Å². The summed E-state index contributed by atoms with van der Waals surface area (Å²) in [4.78, 5) is 0. The highest BCUT2D eigenvalue weighted by molar-refractivity contribution is 5.52. The molecular formula is C16H21NO3. The molecule has 1 aromatic carbocycles. The van der Waals surface area contributed by atoms with Gasteiger partial charge in [-0.25, -0.2) is 0 Å². The summed E-state index contributed by atoms with van der Waals surface area (Å²) in [6, 6.07) is 9.92. The number of aromatic nitrogens is 1. The zero-order valence-electron chi connectivity index (χ0n) is 12.1. The summed E-state index contributed by atoms with van der Waals surface area (Å²) in [5, 5.41) is 18.9. The highest BCUT2D eigenvalue weighted by Gasteiger charge is 2.16. The predicted octanol–water partition coefficient (Wildman–Crippen LogP) is 2.00. The Kier molecular flexibility index (Phi) is 4.47. The molecule has 20 heavy (non-hydrogen) atoms. The van der Waals surface area contributed by atoms with Crippen LogP contribution in [-0.4, -0.2) is 34.6 Å². The van der Waals surface area contributed by atoms with E-state index in [0.717, 1.165) is 28.4 Å². The maximum Gasteiger partial charge on any atom is 0.124 e. The van der Waals surface area contributed by atoms with Crippen molar-refractivity contribution in [3.8, 4) is 11.4 Å². The van der Waals surface area contributed by atoms with E-state index in [4.69, 9.17) is 9.84 Å². The smallest absolute Gasteiger partial charge is 0.124 e. The molecule has 1 atom stereocenters. The van der Waals surface area contributed by atoms with Gasteiger partial charge in [-0.05, 0) is 38.1 Å². The summed E-state index contributed by atoms with van der Waals surface area (Å²) in [6.45, 7) is 3.82. The molecule has 0 aliphatic rings. The van der Waals surface area contributed by atoms with E-state index in [2.05, 4.69) is 16.7 Å². The third kappa shape index (κ3) is 2.71. The number of hydrogen-bond donors (Lipinski definition) is 2.